The number of nitrogens with zero attached hydrogens (tertiary/aromatic N) is 3. The molecule has 0 aliphatic carbocycles. The number of piperidine rings is 1. The highest BCUT2D eigenvalue weighted by atomic mass is 35.5. The van der Waals surface area contributed by atoms with E-state index in [0.29, 0.717) is 18.8 Å². The van der Waals surface area contributed by atoms with Gasteiger partial charge in [-0.2, -0.15) is 0 Å². The molecule has 0 N–H and O–H groups in total. The third kappa shape index (κ3) is 4.88. The molecule has 0 radical (unpaired) electrons. The largest absolute Gasteiger partial charge is 0.573 e. The molecule has 0 amide bonds. The van der Waals surface area contributed by atoms with E-state index < -0.39 is 6.36 Å². The molecule has 1 aliphatic heterocycles. The van der Waals surface area contributed by atoms with E-state index in [1.54, 1.807) is 12.3 Å². The van der Waals surface area contributed by atoms with Crippen molar-refractivity contribution in [1.82, 2.24) is 9.97 Å². The molecule has 1 atom stereocenters. The minimum atomic E-state index is -4.77. The maximum atomic E-state index is 12.5. The number of aromatic nitrogens is 2. The molecule has 0 bridgehead atoms. The normalized spacial score (nSPS) is 18.1. The van der Waals surface area contributed by atoms with Crippen LogP contribution in [0.1, 0.15) is 12.8 Å². The highest BCUT2D eigenvalue weighted by Crippen LogP contribution is 2.33. The van der Waals surface area contributed by atoms with Crippen LogP contribution in [-0.4, -0.2) is 35.5 Å². The second-order valence-electron chi connectivity index (χ2n) is 5.52. The molecule has 3 rings (SSSR count). The molecule has 5 nitrogen and oxygen atoms in total. The fourth-order valence-electron chi connectivity index (χ4n) is 2.66. The van der Waals surface area contributed by atoms with Gasteiger partial charge in [-0.05, 0) is 25.0 Å². The Hall–Kier alpha value is -2.22. The zero-order valence-corrected chi connectivity index (χ0v) is 13.8. The van der Waals surface area contributed by atoms with Gasteiger partial charge in [0.1, 0.15) is 17.1 Å². The molecule has 0 unspecified atom stereocenters. The molecule has 1 aliphatic rings. The highest BCUT2D eigenvalue weighted by Gasteiger charge is 2.33. The Kier molecular flexibility index (Phi) is 5.17. The average Bonchev–Trinajstić information content (AvgIpc) is 2.56. The molecule has 134 valence electrons. The first-order chi connectivity index (χ1) is 11.9. The van der Waals surface area contributed by atoms with Crippen LogP contribution < -0.4 is 14.4 Å². The summed E-state index contributed by atoms with van der Waals surface area (Å²) in [5.41, 5.74) is 0. The zero-order valence-electron chi connectivity index (χ0n) is 13.0. The molecule has 2 heterocycles. The summed E-state index contributed by atoms with van der Waals surface area (Å²) in [7, 11) is 0. The lowest BCUT2D eigenvalue weighted by molar-refractivity contribution is -0.275. The van der Waals surface area contributed by atoms with Crippen molar-refractivity contribution in [2.45, 2.75) is 25.3 Å². The molecular formula is C16H15ClF3N3O2. The van der Waals surface area contributed by atoms with Crippen LogP contribution >= 0.6 is 11.6 Å². The van der Waals surface area contributed by atoms with Crippen molar-refractivity contribution in [3.63, 3.8) is 0 Å². The third-order valence-electron chi connectivity index (χ3n) is 3.66. The maximum absolute atomic E-state index is 12.5. The number of hydrogen-bond donors (Lipinski definition) is 0. The summed E-state index contributed by atoms with van der Waals surface area (Å²) in [5, 5.41) is 0.282. The van der Waals surface area contributed by atoms with Gasteiger partial charge in [-0.1, -0.05) is 23.7 Å². The molecule has 2 aromatic rings. The lowest BCUT2D eigenvalue weighted by Gasteiger charge is -2.33. The summed E-state index contributed by atoms with van der Waals surface area (Å²) in [4.78, 5) is 10.1. The van der Waals surface area contributed by atoms with Gasteiger partial charge < -0.3 is 14.4 Å². The van der Waals surface area contributed by atoms with Gasteiger partial charge in [-0.25, -0.2) is 4.98 Å². The molecule has 1 aromatic carbocycles. The number of rotatable bonds is 4. The van der Waals surface area contributed by atoms with Gasteiger partial charge in [0.2, 0.25) is 0 Å². The molecule has 0 saturated carbocycles. The highest BCUT2D eigenvalue weighted by molar-refractivity contribution is 6.29. The minimum absolute atomic E-state index is 0.0591. The maximum Gasteiger partial charge on any atom is 0.573 e. The number of halogens is 4. The number of hydrogen-bond acceptors (Lipinski definition) is 5. The Morgan fingerprint density at radius 1 is 1.16 bits per heavy atom. The van der Waals surface area contributed by atoms with Gasteiger partial charge in [0.25, 0.3) is 0 Å². The monoisotopic (exact) mass is 373 g/mol. The Balaban J connectivity index is 1.71. The molecule has 9 heteroatoms. The van der Waals surface area contributed by atoms with Crippen molar-refractivity contribution in [2.75, 3.05) is 18.0 Å². The van der Waals surface area contributed by atoms with Crippen LogP contribution in [0.4, 0.5) is 19.0 Å². The Labute approximate surface area is 147 Å². The number of anilines is 1. The fraction of sp³-hybridized carbons (Fsp3) is 0.375. The predicted molar refractivity (Wildman–Crippen MR) is 86.0 cm³/mol. The summed E-state index contributed by atoms with van der Waals surface area (Å²) in [6.45, 7) is 1.21. The second kappa shape index (κ2) is 7.35. The topological polar surface area (TPSA) is 47.5 Å². The first-order valence-corrected chi connectivity index (χ1v) is 8.02. The van der Waals surface area contributed by atoms with Crippen LogP contribution in [0.3, 0.4) is 0 Å². The van der Waals surface area contributed by atoms with E-state index >= 15 is 0 Å². The minimum Gasteiger partial charge on any atom is -0.485 e. The van der Waals surface area contributed by atoms with E-state index in [2.05, 4.69) is 14.7 Å². The lowest BCUT2D eigenvalue weighted by atomic mass is 10.1. The van der Waals surface area contributed by atoms with Crippen LogP contribution in [0.15, 0.2) is 36.7 Å². The number of para-hydroxylation sites is 2. The average molecular weight is 374 g/mol. The molecule has 1 aromatic heterocycles. The van der Waals surface area contributed by atoms with Gasteiger partial charge >= 0.3 is 6.36 Å². The van der Waals surface area contributed by atoms with Gasteiger partial charge in [0, 0.05) is 6.54 Å². The van der Waals surface area contributed by atoms with Crippen molar-refractivity contribution in [3.8, 4) is 11.5 Å². The van der Waals surface area contributed by atoms with Gasteiger partial charge in [0.15, 0.2) is 11.5 Å². The van der Waals surface area contributed by atoms with E-state index in [0.717, 1.165) is 13.0 Å². The van der Waals surface area contributed by atoms with Crippen molar-refractivity contribution in [3.05, 3.63) is 41.8 Å². The van der Waals surface area contributed by atoms with Crippen molar-refractivity contribution in [1.29, 1.82) is 0 Å². The summed E-state index contributed by atoms with van der Waals surface area (Å²) < 4.78 is 47.3. The zero-order chi connectivity index (χ0) is 17.9. The van der Waals surface area contributed by atoms with Crippen LogP contribution in [-0.2, 0) is 0 Å². The predicted octanol–water partition coefficient (Wildman–Crippen LogP) is 4.08. The van der Waals surface area contributed by atoms with E-state index in [1.807, 2.05) is 4.90 Å². The molecule has 1 saturated heterocycles. The second-order valence-corrected chi connectivity index (χ2v) is 5.91. The van der Waals surface area contributed by atoms with Gasteiger partial charge in [-0.15, -0.1) is 13.2 Å². The molecule has 1 fully saturated rings. The van der Waals surface area contributed by atoms with Gasteiger partial charge in [0.05, 0.1) is 18.9 Å². The standard InChI is InChI=1S/C16H15ClF3N3O2/c17-14-8-21-9-15(22-14)23-7-3-4-11(10-23)24-12-5-1-2-6-13(12)25-16(18,19)20/h1-2,5-6,8-9,11H,3-4,7,10H2/t11-/m1/s1. The summed E-state index contributed by atoms with van der Waals surface area (Å²) in [5.74, 6) is 0.319. The number of alkyl halides is 3. The van der Waals surface area contributed by atoms with E-state index in [4.69, 9.17) is 16.3 Å². The van der Waals surface area contributed by atoms with Crippen molar-refractivity contribution < 1.29 is 22.6 Å². The Morgan fingerprint density at radius 3 is 2.64 bits per heavy atom. The SMILES string of the molecule is FC(F)(F)Oc1ccccc1O[C@@H]1CCCN(c2cncc(Cl)n2)C1. The van der Waals surface area contributed by atoms with E-state index in [-0.39, 0.29) is 22.8 Å². The van der Waals surface area contributed by atoms with Crippen LogP contribution in [0.25, 0.3) is 0 Å². The summed E-state index contributed by atoms with van der Waals surface area (Å²) in [6.07, 6.45) is -0.518. The number of benzene rings is 1. The van der Waals surface area contributed by atoms with E-state index in [1.165, 1.54) is 24.4 Å². The quantitative estimate of drug-likeness (QED) is 0.808. The van der Waals surface area contributed by atoms with Crippen LogP contribution in [0.2, 0.25) is 5.15 Å². The summed E-state index contributed by atoms with van der Waals surface area (Å²) in [6, 6.07) is 5.75. The lowest BCUT2D eigenvalue weighted by Crippen LogP contribution is -2.41. The Morgan fingerprint density at radius 2 is 1.92 bits per heavy atom. The number of ether oxygens (including phenoxy) is 2. The summed E-state index contributed by atoms with van der Waals surface area (Å²) >= 11 is 5.86. The smallest absolute Gasteiger partial charge is 0.485 e. The molecule has 25 heavy (non-hydrogen) atoms. The van der Waals surface area contributed by atoms with Gasteiger partial charge in [-0.3, -0.25) is 4.98 Å². The van der Waals surface area contributed by atoms with E-state index in [9.17, 15) is 13.2 Å². The molecule has 0 spiro atoms. The van der Waals surface area contributed by atoms with Crippen molar-refractivity contribution >= 4 is 17.4 Å². The third-order valence-corrected chi connectivity index (χ3v) is 3.85. The fourth-order valence-corrected chi connectivity index (χ4v) is 2.81. The van der Waals surface area contributed by atoms with Crippen LogP contribution in [0, 0.1) is 0 Å². The first-order valence-electron chi connectivity index (χ1n) is 7.64. The van der Waals surface area contributed by atoms with Crippen LogP contribution in [0.5, 0.6) is 11.5 Å². The Bertz CT molecular complexity index is 730. The molecular weight excluding hydrogens is 359 g/mol. The first kappa shape index (κ1) is 17.6. The van der Waals surface area contributed by atoms with Crippen molar-refractivity contribution in [2.24, 2.45) is 0 Å².